The molecule has 1 aromatic carbocycles. The van der Waals surface area contributed by atoms with Gasteiger partial charge in [0.2, 0.25) is 0 Å². The number of ether oxygens (including phenoxy) is 1. The predicted octanol–water partition coefficient (Wildman–Crippen LogP) is 1.53. The molecular formula is C9H5IO3. The third-order valence-electron chi connectivity index (χ3n) is 1.83. The molecule has 0 saturated heterocycles. The van der Waals surface area contributed by atoms with Crippen LogP contribution in [0, 0.1) is 3.57 Å². The first kappa shape index (κ1) is 8.68. The van der Waals surface area contributed by atoms with Crippen LogP contribution in [0.25, 0.3) is 0 Å². The van der Waals surface area contributed by atoms with Gasteiger partial charge in [-0.25, -0.2) is 4.79 Å². The van der Waals surface area contributed by atoms with Crippen LogP contribution >= 0.6 is 22.6 Å². The van der Waals surface area contributed by atoms with E-state index >= 15 is 0 Å². The third kappa shape index (κ3) is 1.58. The Morgan fingerprint density at radius 3 is 2.85 bits per heavy atom. The van der Waals surface area contributed by atoms with Crippen molar-refractivity contribution in [3.05, 3.63) is 32.9 Å². The molecule has 1 aromatic rings. The number of cyclic esters (lactones) is 2. The number of benzene rings is 1. The molecule has 0 saturated carbocycles. The highest BCUT2D eigenvalue weighted by molar-refractivity contribution is 14.1. The molecule has 0 radical (unpaired) electrons. The zero-order valence-corrected chi connectivity index (χ0v) is 8.70. The summed E-state index contributed by atoms with van der Waals surface area (Å²) in [5.41, 5.74) is 1.26. The summed E-state index contributed by atoms with van der Waals surface area (Å²) in [6, 6.07) is 5.33. The minimum absolute atomic E-state index is 0.192. The maximum atomic E-state index is 11.2. The Morgan fingerprint density at radius 1 is 1.31 bits per heavy atom. The molecule has 4 heteroatoms. The van der Waals surface area contributed by atoms with Gasteiger partial charge in [-0.15, -0.1) is 0 Å². The van der Waals surface area contributed by atoms with Gasteiger partial charge >= 0.3 is 11.9 Å². The van der Waals surface area contributed by atoms with Crippen molar-refractivity contribution in [2.75, 3.05) is 0 Å². The van der Waals surface area contributed by atoms with Crippen LogP contribution in [-0.4, -0.2) is 11.9 Å². The topological polar surface area (TPSA) is 43.4 Å². The minimum Gasteiger partial charge on any atom is -0.389 e. The molecule has 3 nitrogen and oxygen atoms in total. The zero-order valence-electron chi connectivity index (χ0n) is 6.54. The number of hydrogen-bond acceptors (Lipinski definition) is 3. The highest BCUT2D eigenvalue weighted by atomic mass is 127. The third-order valence-corrected chi connectivity index (χ3v) is 2.50. The van der Waals surface area contributed by atoms with Gasteiger partial charge in [-0.05, 0) is 46.4 Å². The summed E-state index contributed by atoms with van der Waals surface area (Å²) < 4.78 is 5.49. The first-order chi connectivity index (χ1) is 6.16. The molecule has 0 N–H and O–H groups in total. The number of hydrogen-bond donors (Lipinski definition) is 0. The van der Waals surface area contributed by atoms with Gasteiger partial charge in [-0.2, -0.15) is 0 Å². The molecule has 2 rings (SSSR count). The van der Waals surface area contributed by atoms with Crippen molar-refractivity contribution in [3.8, 4) is 0 Å². The lowest BCUT2D eigenvalue weighted by Crippen LogP contribution is -2.22. The Labute approximate surface area is 88.2 Å². The Hall–Kier alpha value is -0.910. The molecule has 0 amide bonds. The molecule has 0 atom stereocenters. The van der Waals surface area contributed by atoms with Gasteiger partial charge in [0.15, 0.2) is 0 Å². The van der Waals surface area contributed by atoms with Crippen LogP contribution in [0.1, 0.15) is 15.9 Å². The fourth-order valence-electron chi connectivity index (χ4n) is 1.26. The highest BCUT2D eigenvalue weighted by Gasteiger charge is 2.24. The number of carbonyl (C=O) groups excluding carboxylic acids is 2. The van der Waals surface area contributed by atoms with E-state index in [0.29, 0.717) is 5.56 Å². The van der Waals surface area contributed by atoms with E-state index in [1.54, 1.807) is 6.07 Å². The van der Waals surface area contributed by atoms with Gasteiger partial charge in [-0.1, -0.05) is 0 Å². The first-order valence-electron chi connectivity index (χ1n) is 3.70. The molecule has 1 heterocycles. The van der Waals surface area contributed by atoms with E-state index in [0.717, 1.165) is 9.13 Å². The Morgan fingerprint density at radius 2 is 2.08 bits per heavy atom. The second-order valence-corrected chi connectivity index (χ2v) is 3.99. The lowest BCUT2D eigenvalue weighted by molar-refractivity contribution is -0.137. The zero-order chi connectivity index (χ0) is 9.42. The van der Waals surface area contributed by atoms with E-state index in [2.05, 4.69) is 27.3 Å². The molecule has 13 heavy (non-hydrogen) atoms. The van der Waals surface area contributed by atoms with Crippen molar-refractivity contribution in [3.63, 3.8) is 0 Å². The van der Waals surface area contributed by atoms with E-state index in [1.165, 1.54) is 0 Å². The quantitative estimate of drug-likeness (QED) is 0.413. The number of fused-ring (bicyclic) bond motifs is 1. The summed E-state index contributed by atoms with van der Waals surface area (Å²) in [6.45, 7) is 0. The Balaban J connectivity index is 2.55. The average Bonchev–Trinajstić information content (AvgIpc) is 2.02. The van der Waals surface area contributed by atoms with Crippen LogP contribution in [-0.2, 0) is 16.0 Å². The largest absolute Gasteiger partial charge is 0.389 e. The lowest BCUT2D eigenvalue weighted by atomic mass is 10.0. The first-order valence-corrected chi connectivity index (χ1v) is 4.78. The van der Waals surface area contributed by atoms with E-state index in [4.69, 9.17) is 0 Å². The summed E-state index contributed by atoms with van der Waals surface area (Å²) in [6.07, 6.45) is 0.192. The minimum atomic E-state index is -0.539. The SMILES string of the molecule is O=C1Cc2cc(I)ccc2C(=O)O1. The fourth-order valence-corrected chi connectivity index (χ4v) is 1.81. The van der Waals surface area contributed by atoms with Crippen LogP contribution in [0.15, 0.2) is 18.2 Å². The van der Waals surface area contributed by atoms with Crippen LogP contribution < -0.4 is 0 Å². The van der Waals surface area contributed by atoms with Crippen LogP contribution in [0.4, 0.5) is 0 Å². The smallest absolute Gasteiger partial charge is 0.346 e. The molecule has 1 aliphatic rings. The second kappa shape index (κ2) is 3.10. The maximum absolute atomic E-state index is 11.2. The fraction of sp³-hybridized carbons (Fsp3) is 0.111. The van der Waals surface area contributed by atoms with Gasteiger partial charge < -0.3 is 4.74 Å². The van der Waals surface area contributed by atoms with E-state index < -0.39 is 11.9 Å². The van der Waals surface area contributed by atoms with Crippen LogP contribution in [0.3, 0.4) is 0 Å². The lowest BCUT2D eigenvalue weighted by Gasteiger charge is -2.13. The van der Waals surface area contributed by atoms with E-state index in [9.17, 15) is 9.59 Å². The van der Waals surface area contributed by atoms with Gasteiger partial charge in [0.1, 0.15) is 0 Å². The van der Waals surface area contributed by atoms with Crippen LogP contribution in [0.2, 0.25) is 0 Å². The van der Waals surface area contributed by atoms with Gasteiger partial charge in [-0.3, -0.25) is 4.79 Å². The van der Waals surface area contributed by atoms with Crippen LogP contribution in [0.5, 0.6) is 0 Å². The van der Waals surface area contributed by atoms with Crippen molar-refractivity contribution in [2.24, 2.45) is 0 Å². The Kier molecular flexibility index (Phi) is 2.07. The summed E-state index contributed by atoms with van der Waals surface area (Å²) in [4.78, 5) is 22.1. The summed E-state index contributed by atoms with van der Waals surface area (Å²) in [5, 5.41) is 0. The van der Waals surface area contributed by atoms with Gasteiger partial charge in [0.05, 0.1) is 12.0 Å². The number of carbonyl (C=O) groups is 2. The molecule has 0 aromatic heterocycles. The van der Waals surface area contributed by atoms with Crippen molar-refractivity contribution in [1.82, 2.24) is 0 Å². The number of rotatable bonds is 0. The molecule has 0 fully saturated rings. The number of halogens is 1. The molecule has 0 spiro atoms. The molecular weight excluding hydrogens is 283 g/mol. The molecule has 1 aliphatic heterocycles. The molecule has 0 bridgehead atoms. The summed E-state index contributed by atoms with van der Waals surface area (Å²) >= 11 is 2.14. The van der Waals surface area contributed by atoms with E-state index in [1.807, 2.05) is 12.1 Å². The van der Waals surface area contributed by atoms with Crippen molar-refractivity contribution >= 4 is 34.5 Å². The number of esters is 2. The molecule has 66 valence electrons. The monoisotopic (exact) mass is 288 g/mol. The van der Waals surface area contributed by atoms with Crippen molar-refractivity contribution in [2.45, 2.75) is 6.42 Å². The summed E-state index contributed by atoms with van der Waals surface area (Å²) in [7, 11) is 0. The van der Waals surface area contributed by atoms with Crippen molar-refractivity contribution in [1.29, 1.82) is 0 Å². The van der Waals surface area contributed by atoms with E-state index in [-0.39, 0.29) is 6.42 Å². The molecule has 0 aliphatic carbocycles. The summed E-state index contributed by atoms with van der Waals surface area (Å²) in [5.74, 6) is -1.01. The standard InChI is InChI=1S/C9H5IO3/c10-6-1-2-7-5(3-6)4-8(11)13-9(7)12/h1-3H,4H2. The Bertz CT molecular complexity index is 398. The molecule has 0 unspecified atom stereocenters. The average molecular weight is 288 g/mol. The normalized spacial score (nSPS) is 15.2. The maximum Gasteiger partial charge on any atom is 0.346 e. The second-order valence-electron chi connectivity index (χ2n) is 2.74. The van der Waals surface area contributed by atoms with Crippen molar-refractivity contribution < 1.29 is 14.3 Å². The van der Waals surface area contributed by atoms with Gasteiger partial charge in [0.25, 0.3) is 0 Å². The predicted molar refractivity (Wildman–Crippen MR) is 53.3 cm³/mol. The highest BCUT2D eigenvalue weighted by Crippen LogP contribution is 2.19. The van der Waals surface area contributed by atoms with Gasteiger partial charge in [0, 0.05) is 3.57 Å².